The van der Waals surface area contributed by atoms with Crippen LogP contribution in [-0.2, 0) is 9.84 Å². The van der Waals surface area contributed by atoms with Crippen molar-refractivity contribution in [3.8, 4) is 5.75 Å². The molecular weight excluding hydrogens is 214 g/mol. The lowest BCUT2D eigenvalue weighted by Crippen LogP contribution is -2.08. The number of rotatable bonds is 4. The summed E-state index contributed by atoms with van der Waals surface area (Å²) in [4.78, 5) is 0.149. The van der Waals surface area contributed by atoms with Gasteiger partial charge in [-0.3, -0.25) is 0 Å². The summed E-state index contributed by atoms with van der Waals surface area (Å²) in [7, 11) is -3.27. The largest absolute Gasteiger partial charge is 0.492 e. The molecule has 15 heavy (non-hydrogen) atoms. The number of sulfone groups is 1. The Balaban J connectivity index is 3.27. The molecule has 0 heterocycles. The van der Waals surface area contributed by atoms with E-state index >= 15 is 0 Å². The van der Waals surface area contributed by atoms with E-state index in [0.717, 1.165) is 0 Å². The minimum absolute atomic E-state index is 0.0345. The molecule has 0 aliphatic carbocycles. The van der Waals surface area contributed by atoms with Gasteiger partial charge in [-0.1, -0.05) is 13.0 Å². The molecule has 0 aliphatic rings. The molecule has 0 aliphatic heterocycles. The number of hydrogen-bond acceptors (Lipinski definition) is 4. The lowest BCUT2D eigenvalue weighted by atomic mass is 10.3. The Hall–Kier alpha value is -1.23. The van der Waals surface area contributed by atoms with Crippen molar-refractivity contribution in [3.63, 3.8) is 0 Å². The number of benzene rings is 1. The Kier molecular flexibility index (Phi) is 3.57. The maximum absolute atomic E-state index is 11.6. The SMILES string of the molecule is CCOc1cccc(S(=O)(=O)CC)c1N. The summed E-state index contributed by atoms with van der Waals surface area (Å²) in [6, 6.07) is 4.79. The fourth-order valence-corrected chi connectivity index (χ4v) is 2.26. The first-order valence-electron chi connectivity index (χ1n) is 4.77. The molecule has 1 aromatic carbocycles. The van der Waals surface area contributed by atoms with Gasteiger partial charge in [-0.15, -0.1) is 0 Å². The highest BCUT2D eigenvalue weighted by molar-refractivity contribution is 7.91. The standard InChI is InChI=1S/C10H15NO3S/c1-3-14-8-6-5-7-9(10(8)11)15(12,13)4-2/h5-7H,3-4,11H2,1-2H3. The monoisotopic (exact) mass is 229 g/mol. The van der Waals surface area contributed by atoms with Gasteiger partial charge in [0.05, 0.1) is 22.9 Å². The summed E-state index contributed by atoms with van der Waals surface area (Å²) in [5.74, 6) is 0.458. The van der Waals surface area contributed by atoms with Crippen LogP contribution in [-0.4, -0.2) is 20.8 Å². The molecule has 2 N–H and O–H groups in total. The van der Waals surface area contributed by atoms with Crippen LogP contribution in [0.4, 0.5) is 5.69 Å². The topological polar surface area (TPSA) is 69.4 Å². The molecule has 0 fully saturated rings. The Morgan fingerprint density at radius 2 is 2.00 bits per heavy atom. The predicted octanol–water partition coefficient (Wildman–Crippen LogP) is 1.46. The Bertz CT molecular complexity index is 440. The fraction of sp³-hybridized carbons (Fsp3) is 0.400. The van der Waals surface area contributed by atoms with Crippen LogP contribution >= 0.6 is 0 Å². The number of para-hydroxylation sites is 1. The molecule has 0 spiro atoms. The number of hydrogen-bond donors (Lipinski definition) is 1. The third-order valence-corrected chi connectivity index (χ3v) is 3.83. The van der Waals surface area contributed by atoms with Gasteiger partial charge in [0.2, 0.25) is 0 Å². The zero-order chi connectivity index (χ0) is 11.5. The molecule has 84 valence electrons. The average molecular weight is 229 g/mol. The van der Waals surface area contributed by atoms with Crippen LogP contribution in [0.5, 0.6) is 5.75 Å². The molecule has 0 amide bonds. The molecular formula is C10H15NO3S. The van der Waals surface area contributed by atoms with E-state index < -0.39 is 9.84 Å². The summed E-state index contributed by atoms with van der Waals surface area (Å²) in [5.41, 5.74) is 5.92. The zero-order valence-corrected chi connectivity index (χ0v) is 9.67. The van der Waals surface area contributed by atoms with Crippen LogP contribution in [0.3, 0.4) is 0 Å². The fourth-order valence-electron chi connectivity index (χ4n) is 1.23. The number of anilines is 1. The second-order valence-corrected chi connectivity index (χ2v) is 5.25. The van der Waals surface area contributed by atoms with Gasteiger partial charge >= 0.3 is 0 Å². The minimum atomic E-state index is -3.27. The lowest BCUT2D eigenvalue weighted by molar-refractivity contribution is 0.341. The van der Waals surface area contributed by atoms with E-state index in [0.29, 0.717) is 12.4 Å². The van der Waals surface area contributed by atoms with E-state index in [4.69, 9.17) is 10.5 Å². The van der Waals surface area contributed by atoms with Gasteiger partial charge in [0.1, 0.15) is 5.75 Å². The molecule has 0 radical (unpaired) electrons. The van der Waals surface area contributed by atoms with Gasteiger partial charge in [0.15, 0.2) is 9.84 Å². The Labute approximate surface area is 90.0 Å². The summed E-state index contributed by atoms with van der Waals surface area (Å²) in [6.45, 7) is 3.86. The summed E-state index contributed by atoms with van der Waals surface area (Å²) >= 11 is 0. The van der Waals surface area contributed by atoms with Crippen molar-refractivity contribution < 1.29 is 13.2 Å². The van der Waals surface area contributed by atoms with Crippen molar-refractivity contribution in [3.05, 3.63) is 18.2 Å². The van der Waals surface area contributed by atoms with Crippen molar-refractivity contribution in [2.45, 2.75) is 18.7 Å². The molecule has 0 unspecified atom stereocenters. The van der Waals surface area contributed by atoms with Crippen molar-refractivity contribution in [2.75, 3.05) is 18.1 Å². The Morgan fingerprint density at radius 3 is 2.53 bits per heavy atom. The first-order chi connectivity index (χ1) is 7.03. The van der Waals surface area contributed by atoms with E-state index in [2.05, 4.69) is 0 Å². The van der Waals surface area contributed by atoms with Crippen LogP contribution in [0.1, 0.15) is 13.8 Å². The highest BCUT2D eigenvalue weighted by Gasteiger charge is 2.17. The van der Waals surface area contributed by atoms with Crippen molar-refractivity contribution in [1.29, 1.82) is 0 Å². The summed E-state index contributed by atoms with van der Waals surface area (Å²) < 4.78 is 28.5. The average Bonchev–Trinajstić information content (AvgIpc) is 2.21. The minimum Gasteiger partial charge on any atom is -0.492 e. The molecule has 5 heteroatoms. The van der Waals surface area contributed by atoms with Gasteiger partial charge < -0.3 is 10.5 Å². The van der Waals surface area contributed by atoms with Crippen LogP contribution < -0.4 is 10.5 Å². The quantitative estimate of drug-likeness (QED) is 0.793. The van der Waals surface area contributed by atoms with Crippen LogP contribution in [0.15, 0.2) is 23.1 Å². The predicted molar refractivity (Wildman–Crippen MR) is 59.8 cm³/mol. The lowest BCUT2D eigenvalue weighted by Gasteiger charge is -2.10. The second-order valence-electron chi connectivity index (χ2n) is 3.00. The molecule has 0 atom stereocenters. The van der Waals surface area contributed by atoms with Gasteiger partial charge in [-0.05, 0) is 19.1 Å². The summed E-state index contributed by atoms with van der Waals surface area (Å²) in [5, 5.41) is 0. The molecule has 1 rings (SSSR count). The molecule has 4 nitrogen and oxygen atoms in total. The van der Waals surface area contributed by atoms with Crippen LogP contribution in [0.25, 0.3) is 0 Å². The first-order valence-corrected chi connectivity index (χ1v) is 6.42. The van der Waals surface area contributed by atoms with E-state index in [1.54, 1.807) is 19.1 Å². The van der Waals surface area contributed by atoms with Gasteiger partial charge in [0, 0.05) is 0 Å². The van der Waals surface area contributed by atoms with Crippen molar-refractivity contribution >= 4 is 15.5 Å². The maximum Gasteiger partial charge on any atom is 0.180 e. The molecule has 0 saturated carbocycles. The highest BCUT2D eigenvalue weighted by atomic mass is 32.2. The normalized spacial score (nSPS) is 11.3. The number of nitrogen functional groups attached to an aromatic ring is 1. The molecule has 0 aromatic heterocycles. The first kappa shape index (κ1) is 11.8. The van der Waals surface area contributed by atoms with Crippen molar-refractivity contribution in [1.82, 2.24) is 0 Å². The van der Waals surface area contributed by atoms with Gasteiger partial charge in [0.25, 0.3) is 0 Å². The summed E-state index contributed by atoms with van der Waals surface area (Å²) in [6.07, 6.45) is 0. The van der Waals surface area contributed by atoms with E-state index in [-0.39, 0.29) is 16.3 Å². The van der Waals surface area contributed by atoms with E-state index in [1.807, 2.05) is 6.92 Å². The van der Waals surface area contributed by atoms with E-state index in [9.17, 15) is 8.42 Å². The maximum atomic E-state index is 11.6. The number of ether oxygens (including phenoxy) is 1. The third-order valence-electron chi connectivity index (χ3n) is 2.04. The Morgan fingerprint density at radius 1 is 1.33 bits per heavy atom. The third kappa shape index (κ3) is 2.41. The molecule has 0 saturated heterocycles. The number of nitrogens with two attached hydrogens (primary N) is 1. The molecule has 1 aromatic rings. The van der Waals surface area contributed by atoms with Crippen LogP contribution in [0, 0.1) is 0 Å². The zero-order valence-electron chi connectivity index (χ0n) is 8.86. The molecule has 0 bridgehead atoms. The van der Waals surface area contributed by atoms with Crippen LogP contribution in [0.2, 0.25) is 0 Å². The second kappa shape index (κ2) is 4.53. The van der Waals surface area contributed by atoms with Gasteiger partial charge in [-0.2, -0.15) is 0 Å². The van der Waals surface area contributed by atoms with E-state index in [1.165, 1.54) is 6.07 Å². The van der Waals surface area contributed by atoms with Crippen molar-refractivity contribution in [2.24, 2.45) is 0 Å². The highest BCUT2D eigenvalue weighted by Crippen LogP contribution is 2.29. The van der Waals surface area contributed by atoms with Gasteiger partial charge in [-0.25, -0.2) is 8.42 Å². The smallest absolute Gasteiger partial charge is 0.180 e.